The molecule has 1 amide bonds. The van der Waals surface area contributed by atoms with E-state index in [9.17, 15) is 9.90 Å². The first kappa shape index (κ1) is 13.9. The number of carbonyl (C=O) groups is 1. The number of piperidine rings is 1. The van der Waals surface area contributed by atoms with Crippen molar-refractivity contribution in [3.05, 3.63) is 28.2 Å². The number of aliphatic hydroxyl groups is 1. The molecular formula is C15H19BrN2O2. The van der Waals surface area contributed by atoms with Crippen LogP contribution < -0.4 is 10.2 Å². The lowest BCUT2D eigenvalue weighted by Gasteiger charge is -2.38. The maximum absolute atomic E-state index is 11.8. The Morgan fingerprint density at radius 3 is 3.00 bits per heavy atom. The summed E-state index contributed by atoms with van der Waals surface area (Å²) in [5, 5.41) is 12.7. The number of aliphatic hydroxyl groups excluding tert-OH is 1. The fraction of sp³-hybridized carbons (Fsp3) is 0.533. The topological polar surface area (TPSA) is 52.6 Å². The molecule has 2 fully saturated rings. The number of nitrogens with zero attached hydrogens (tertiary/aromatic N) is 1. The predicted octanol–water partition coefficient (Wildman–Crippen LogP) is 2.22. The van der Waals surface area contributed by atoms with E-state index in [0.29, 0.717) is 0 Å². The Morgan fingerprint density at radius 1 is 1.50 bits per heavy atom. The molecular weight excluding hydrogens is 320 g/mol. The van der Waals surface area contributed by atoms with E-state index >= 15 is 0 Å². The van der Waals surface area contributed by atoms with E-state index in [1.165, 1.54) is 0 Å². The Hall–Kier alpha value is -1.07. The molecule has 5 heteroatoms. The van der Waals surface area contributed by atoms with Crippen molar-refractivity contribution in [3.63, 3.8) is 0 Å². The molecule has 2 heterocycles. The van der Waals surface area contributed by atoms with Crippen molar-refractivity contribution in [2.75, 3.05) is 18.0 Å². The molecule has 2 aliphatic rings. The van der Waals surface area contributed by atoms with Crippen LogP contribution in [0.2, 0.25) is 0 Å². The Balaban J connectivity index is 1.89. The first-order valence-corrected chi connectivity index (χ1v) is 7.89. The largest absolute Gasteiger partial charge is 0.389 e. The van der Waals surface area contributed by atoms with Gasteiger partial charge >= 0.3 is 0 Å². The zero-order valence-electron chi connectivity index (χ0n) is 11.5. The van der Waals surface area contributed by atoms with Gasteiger partial charge in [0.05, 0.1) is 18.1 Å². The summed E-state index contributed by atoms with van der Waals surface area (Å²) in [6.45, 7) is 3.48. The molecule has 2 saturated heterocycles. The molecule has 0 aliphatic carbocycles. The number of anilines is 1. The quantitative estimate of drug-likeness (QED) is 0.869. The van der Waals surface area contributed by atoms with Gasteiger partial charge in [-0.2, -0.15) is 0 Å². The number of nitrogens with one attached hydrogen (secondary N) is 1. The molecule has 0 radical (unpaired) electrons. The van der Waals surface area contributed by atoms with Crippen LogP contribution in [-0.2, 0) is 4.79 Å². The van der Waals surface area contributed by atoms with Gasteiger partial charge in [0.2, 0.25) is 5.91 Å². The van der Waals surface area contributed by atoms with Crippen LogP contribution in [0.4, 0.5) is 5.69 Å². The second-order valence-electron chi connectivity index (χ2n) is 5.64. The van der Waals surface area contributed by atoms with Crippen LogP contribution in [0.3, 0.4) is 0 Å². The maximum atomic E-state index is 11.8. The summed E-state index contributed by atoms with van der Waals surface area (Å²) in [7, 11) is 0. The van der Waals surface area contributed by atoms with Gasteiger partial charge in [-0.25, -0.2) is 0 Å². The van der Waals surface area contributed by atoms with E-state index < -0.39 is 6.10 Å². The molecule has 4 nitrogen and oxygen atoms in total. The van der Waals surface area contributed by atoms with Gasteiger partial charge in [0.25, 0.3) is 0 Å². The molecule has 20 heavy (non-hydrogen) atoms. The van der Waals surface area contributed by atoms with Crippen molar-refractivity contribution < 1.29 is 9.90 Å². The van der Waals surface area contributed by atoms with Gasteiger partial charge in [0.15, 0.2) is 0 Å². The zero-order valence-corrected chi connectivity index (χ0v) is 13.1. The number of hydrogen-bond acceptors (Lipinski definition) is 3. The molecule has 2 aliphatic heterocycles. The number of amides is 1. The first-order valence-electron chi connectivity index (χ1n) is 7.10. The van der Waals surface area contributed by atoms with Crippen LogP contribution in [0, 0.1) is 5.92 Å². The minimum absolute atomic E-state index is 0.124. The van der Waals surface area contributed by atoms with Gasteiger partial charge in [0, 0.05) is 23.2 Å². The average Bonchev–Trinajstić information content (AvgIpc) is 2.80. The predicted molar refractivity (Wildman–Crippen MR) is 81.6 cm³/mol. The average molecular weight is 339 g/mol. The molecule has 0 spiro atoms. The van der Waals surface area contributed by atoms with Gasteiger partial charge in [-0.15, -0.1) is 0 Å². The lowest BCUT2D eigenvalue weighted by molar-refractivity contribution is -0.122. The van der Waals surface area contributed by atoms with Crippen LogP contribution in [0.25, 0.3) is 0 Å². The van der Waals surface area contributed by atoms with Crippen molar-refractivity contribution in [3.8, 4) is 0 Å². The molecule has 2 N–H and O–H groups in total. The second-order valence-corrected chi connectivity index (χ2v) is 6.49. The zero-order chi connectivity index (χ0) is 14.3. The van der Waals surface area contributed by atoms with Gasteiger partial charge in [0.1, 0.15) is 0 Å². The lowest BCUT2D eigenvalue weighted by Crippen LogP contribution is -2.45. The number of benzene rings is 1. The van der Waals surface area contributed by atoms with E-state index in [2.05, 4.69) is 26.1 Å². The third kappa shape index (κ3) is 2.33. The molecule has 0 bridgehead atoms. The van der Waals surface area contributed by atoms with E-state index in [4.69, 9.17) is 0 Å². The van der Waals surface area contributed by atoms with E-state index in [0.717, 1.165) is 41.7 Å². The SMILES string of the molecule is C[C@H](O)c1ccc(N2CCCC3C(=O)NCC32)cc1Br. The summed E-state index contributed by atoms with van der Waals surface area (Å²) >= 11 is 3.53. The first-order chi connectivity index (χ1) is 9.58. The standard InChI is InChI=1S/C15H19BrN2O2/c1-9(19)11-5-4-10(7-13(11)16)18-6-2-3-12-14(18)8-17-15(12)20/h4-5,7,9,12,14,19H,2-3,6,8H2,1H3,(H,17,20)/t9-,12?,14?/m0/s1. The Morgan fingerprint density at radius 2 is 2.30 bits per heavy atom. The third-order valence-corrected chi connectivity index (χ3v) is 5.05. The summed E-state index contributed by atoms with van der Waals surface area (Å²) < 4.78 is 0.921. The molecule has 3 atom stereocenters. The number of fused-ring (bicyclic) bond motifs is 1. The number of halogens is 1. The smallest absolute Gasteiger partial charge is 0.225 e. The van der Waals surface area contributed by atoms with Gasteiger partial charge in [-0.05, 0) is 37.5 Å². The molecule has 2 unspecified atom stereocenters. The number of carbonyl (C=O) groups excluding carboxylic acids is 1. The summed E-state index contributed by atoms with van der Waals surface area (Å²) in [6, 6.07) is 6.31. The van der Waals surface area contributed by atoms with Crippen molar-refractivity contribution in [1.82, 2.24) is 5.32 Å². The van der Waals surface area contributed by atoms with Crippen molar-refractivity contribution in [2.24, 2.45) is 5.92 Å². The van der Waals surface area contributed by atoms with Crippen LogP contribution in [0.5, 0.6) is 0 Å². The normalized spacial score (nSPS) is 27.1. The van der Waals surface area contributed by atoms with Crippen molar-refractivity contribution in [2.45, 2.75) is 31.9 Å². The fourth-order valence-corrected chi connectivity index (χ4v) is 4.00. The summed E-state index contributed by atoms with van der Waals surface area (Å²) in [5.41, 5.74) is 2.01. The van der Waals surface area contributed by atoms with E-state index in [1.807, 2.05) is 18.2 Å². The minimum atomic E-state index is -0.484. The van der Waals surface area contributed by atoms with Crippen molar-refractivity contribution in [1.29, 1.82) is 0 Å². The molecule has 1 aromatic rings. The molecule has 108 valence electrons. The van der Waals surface area contributed by atoms with Crippen LogP contribution in [-0.4, -0.2) is 30.1 Å². The molecule has 1 aromatic carbocycles. The summed E-state index contributed by atoms with van der Waals surface area (Å²) in [4.78, 5) is 14.1. The highest BCUT2D eigenvalue weighted by molar-refractivity contribution is 9.10. The van der Waals surface area contributed by atoms with Crippen LogP contribution in [0.15, 0.2) is 22.7 Å². The Bertz CT molecular complexity index is 533. The minimum Gasteiger partial charge on any atom is -0.389 e. The highest BCUT2D eigenvalue weighted by atomic mass is 79.9. The molecule has 3 rings (SSSR count). The van der Waals surface area contributed by atoms with Gasteiger partial charge in [-0.1, -0.05) is 22.0 Å². The van der Waals surface area contributed by atoms with E-state index in [1.54, 1.807) is 6.92 Å². The maximum Gasteiger partial charge on any atom is 0.225 e. The highest BCUT2D eigenvalue weighted by Crippen LogP contribution is 2.34. The Kier molecular flexibility index (Phi) is 3.73. The highest BCUT2D eigenvalue weighted by Gasteiger charge is 2.40. The molecule has 0 saturated carbocycles. The summed E-state index contributed by atoms with van der Waals surface area (Å²) in [6.07, 6.45) is 1.55. The monoisotopic (exact) mass is 338 g/mol. The number of rotatable bonds is 2. The number of hydrogen-bond donors (Lipinski definition) is 2. The second kappa shape index (κ2) is 5.37. The van der Waals surface area contributed by atoms with Gasteiger partial charge in [-0.3, -0.25) is 4.79 Å². The molecule has 0 aromatic heterocycles. The van der Waals surface area contributed by atoms with Crippen molar-refractivity contribution >= 4 is 27.5 Å². The lowest BCUT2D eigenvalue weighted by atomic mass is 9.91. The fourth-order valence-electron chi connectivity index (χ4n) is 3.31. The third-order valence-electron chi connectivity index (χ3n) is 4.37. The summed E-state index contributed by atoms with van der Waals surface area (Å²) in [5.74, 6) is 0.318. The van der Waals surface area contributed by atoms with Crippen LogP contribution >= 0.6 is 15.9 Å². The van der Waals surface area contributed by atoms with E-state index in [-0.39, 0.29) is 17.9 Å². The Labute approximate surface area is 127 Å². The van der Waals surface area contributed by atoms with Gasteiger partial charge < -0.3 is 15.3 Å². The van der Waals surface area contributed by atoms with Crippen LogP contribution in [0.1, 0.15) is 31.4 Å².